The van der Waals surface area contributed by atoms with Crippen LogP contribution in [0, 0.1) is 5.82 Å². The van der Waals surface area contributed by atoms with E-state index < -0.39 is 11.9 Å². The van der Waals surface area contributed by atoms with Gasteiger partial charge in [-0.25, -0.2) is 4.39 Å². The van der Waals surface area contributed by atoms with Crippen molar-refractivity contribution in [1.82, 2.24) is 25.8 Å². The van der Waals surface area contributed by atoms with E-state index in [1.54, 1.807) is 17.2 Å². The minimum atomic E-state index is -0.633. The summed E-state index contributed by atoms with van der Waals surface area (Å²) in [5.74, 6) is -1.18. The van der Waals surface area contributed by atoms with Crippen molar-refractivity contribution in [3.63, 3.8) is 0 Å². The molecule has 0 saturated carbocycles. The van der Waals surface area contributed by atoms with Gasteiger partial charge in [0.1, 0.15) is 11.9 Å². The van der Waals surface area contributed by atoms with E-state index in [1.807, 2.05) is 18.2 Å². The summed E-state index contributed by atoms with van der Waals surface area (Å²) in [5.41, 5.74) is 2.69. The third-order valence-corrected chi connectivity index (χ3v) is 7.32. The number of aromatic nitrogens is 1. The minimum absolute atomic E-state index is 0.182. The molecule has 3 amide bonds. The Kier molecular flexibility index (Phi) is 6.14. The average Bonchev–Trinajstić information content (AvgIpc) is 3.17. The second kappa shape index (κ2) is 9.23. The van der Waals surface area contributed by atoms with Gasteiger partial charge in [0.2, 0.25) is 11.8 Å². The number of piperidine rings is 2. The summed E-state index contributed by atoms with van der Waals surface area (Å²) in [6.07, 6.45) is 5.07. The van der Waals surface area contributed by atoms with E-state index in [0.29, 0.717) is 37.2 Å². The molecule has 5 rings (SSSR count). The van der Waals surface area contributed by atoms with Crippen LogP contribution >= 0.6 is 0 Å². The summed E-state index contributed by atoms with van der Waals surface area (Å²) < 4.78 is 14.7. The van der Waals surface area contributed by atoms with Gasteiger partial charge in [-0.2, -0.15) is 0 Å². The second-order valence-corrected chi connectivity index (χ2v) is 9.34. The lowest BCUT2D eigenvalue weighted by Gasteiger charge is -2.38. The van der Waals surface area contributed by atoms with Crippen molar-refractivity contribution < 1.29 is 18.8 Å². The van der Waals surface area contributed by atoms with Crippen LogP contribution in [0.25, 0.3) is 0 Å². The lowest BCUT2D eigenvalue weighted by atomic mass is 9.73. The molecule has 0 bridgehead atoms. The van der Waals surface area contributed by atoms with Gasteiger partial charge in [-0.1, -0.05) is 18.2 Å². The summed E-state index contributed by atoms with van der Waals surface area (Å²) in [7, 11) is 0. The number of rotatable bonds is 6. The highest BCUT2D eigenvalue weighted by Gasteiger charge is 2.40. The van der Waals surface area contributed by atoms with Crippen molar-refractivity contribution in [3.05, 3.63) is 64.7 Å². The van der Waals surface area contributed by atoms with Crippen LogP contribution in [-0.4, -0.2) is 53.3 Å². The summed E-state index contributed by atoms with van der Waals surface area (Å²) in [5, 5.41) is 9.18. The molecule has 2 saturated heterocycles. The van der Waals surface area contributed by atoms with Crippen molar-refractivity contribution in [2.24, 2.45) is 0 Å². The van der Waals surface area contributed by atoms with Crippen molar-refractivity contribution in [3.8, 4) is 0 Å². The van der Waals surface area contributed by atoms with Crippen LogP contribution in [0.5, 0.6) is 0 Å². The third-order valence-electron chi connectivity index (χ3n) is 7.32. The van der Waals surface area contributed by atoms with Crippen LogP contribution in [-0.2, 0) is 28.1 Å². The summed E-state index contributed by atoms with van der Waals surface area (Å²) in [4.78, 5) is 42.6. The highest BCUT2D eigenvalue weighted by Crippen LogP contribution is 2.35. The molecule has 4 heterocycles. The molecule has 1 unspecified atom stereocenters. The number of pyridine rings is 1. The first kappa shape index (κ1) is 22.6. The number of imide groups is 1. The van der Waals surface area contributed by atoms with Crippen LogP contribution in [0.1, 0.15) is 52.7 Å². The number of halogens is 1. The molecule has 34 heavy (non-hydrogen) atoms. The Morgan fingerprint density at radius 1 is 1.18 bits per heavy atom. The Labute approximate surface area is 197 Å². The Balaban J connectivity index is 1.32. The summed E-state index contributed by atoms with van der Waals surface area (Å²) >= 11 is 0. The molecule has 1 aromatic heterocycles. The van der Waals surface area contributed by atoms with Crippen LogP contribution in [0.2, 0.25) is 0 Å². The van der Waals surface area contributed by atoms with E-state index in [0.717, 1.165) is 37.1 Å². The Morgan fingerprint density at radius 3 is 2.76 bits per heavy atom. The van der Waals surface area contributed by atoms with Gasteiger partial charge >= 0.3 is 0 Å². The van der Waals surface area contributed by atoms with Gasteiger partial charge < -0.3 is 15.5 Å². The molecule has 1 aromatic carbocycles. The number of carbonyl (C=O) groups excluding carboxylic acids is 3. The van der Waals surface area contributed by atoms with Crippen LogP contribution < -0.4 is 16.0 Å². The largest absolute Gasteiger partial charge is 0.322 e. The van der Waals surface area contributed by atoms with Crippen LogP contribution in [0.3, 0.4) is 0 Å². The maximum Gasteiger partial charge on any atom is 0.255 e. The van der Waals surface area contributed by atoms with Gasteiger partial charge in [0.25, 0.3) is 5.91 Å². The van der Waals surface area contributed by atoms with E-state index in [-0.39, 0.29) is 29.5 Å². The average molecular weight is 466 g/mol. The maximum atomic E-state index is 14.7. The first-order valence-electron chi connectivity index (χ1n) is 11.8. The summed E-state index contributed by atoms with van der Waals surface area (Å²) in [6.45, 7) is 3.00. The van der Waals surface area contributed by atoms with Crippen molar-refractivity contribution in [2.75, 3.05) is 19.6 Å². The topological polar surface area (TPSA) is 103 Å². The quantitative estimate of drug-likeness (QED) is 0.558. The molecule has 3 aliphatic rings. The first-order chi connectivity index (χ1) is 16.5. The molecule has 2 fully saturated rings. The van der Waals surface area contributed by atoms with Gasteiger partial charge in [-0.3, -0.25) is 24.7 Å². The second-order valence-electron chi connectivity index (χ2n) is 9.34. The van der Waals surface area contributed by atoms with Crippen molar-refractivity contribution >= 4 is 17.7 Å². The number of amides is 3. The monoisotopic (exact) mass is 465 g/mol. The molecule has 8 nitrogen and oxygen atoms in total. The van der Waals surface area contributed by atoms with Gasteiger partial charge in [0.15, 0.2) is 0 Å². The van der Waals surface area contributed by atoms with Crippen LogP contribution in [0.15, 0.2) is 36.7 Å². The van der Waals surface area contributed by atoms with Gasteiger partial charge in [0, 0.05) is 43.2 Å². The number of hydrogen-bond donors (Lipinski definition) is 3. The van der Waals surface area contributed by atoms with E-state index in [4.69, 9.17) is 0 Å². The van der Waals surface area contributed by atoms with E-state index in [9.17, 15) is 18.8 Å². The standard InChI is InChI=1S/C25H28FN5O3/c26-19-13-28-9-6-18(19)25(7-10-27-11-8-25)15-29-12-16-2-1-3-17-14-31(24(34)22(16)17)20-4-5-21(32)30-23(20)33/h1-3,6,9,13,20,27,29H,4-5,7-8,10-12,14-15H2,(H,30,32,33). The van der Waals surface area contributed by atoms with Crippen molar-refractivity contribution in [2.45, 2.75) is 50.2 Å². The fraction of sp³-hybridized carbons (Fsp3) is 0.440. The molecule has 178 valence electrons. The highest BCUT2D eigenvalue weighted by molar-refractivity contribution is 6.06. The molecule has 3 aliphatic heterocycles. The lowest BCUT2D eigenvalue weighted by Crippen LogP contribution is -2.52. The van der Waals surface area contributed by atoms with Gasteiger partial charge in [-0.05, 0) is 55.1 Å². The smallest absolute Gasteiger partial charge is 0.255 e. The Morgan fingerprint density at radius 2 is 2.00 bits per heavy atom. The Hall–Kier alpha value is -3.17. The minimum Gasteiger partial charge on any atom is -0.322 e. The number of carbonyl (C=O) groups is 3. The summed E-state index contributed by atoms with van der Waals surface area (Å²) in [6, 6.07) is 6.87. The molecule has 0 aliphatic carbocycles. The van der Waals surface area contributed by atoms with Gasteiger partial charge in [0.05, 0.1) is 6.20 Å². The predicted octanol–water partition coefficient (Wildman–Crippen LogP) is 1.39. The van der Waals surface area contributed by atoms with Gasteiger partial charge in [-0.15, -0.1) is 0 Å². The highest BCUT2D eigenvalue weighted by atomic mass is 19.1. The molecule has 9 heteroatoms. The number of hydrogen-bond acceptors (Lipinski definition) is 6. The maximum absolute atomic E-state index is 14.7. The first-order valence-corrected chi connectivity index (χ1v) is 11.8. The predicted molar refractivity (Wildman–Crippen MR) is 122 cm³/mol. The van der Waals surface area contributed by atoms with E-state index in [2.05, 4.69) is 20.9 Å². The number of fused-ring (bicyclic) bond motifs is 1. The zero-order chi connectivity index (χ0) is 23.7. The normalized spacial score (nSPS) is 22.0. The molecule has 2 aromatic rings. The zero-order valence-electron chi connectivity index (χ0n) is 18.9. The van der Waals surface area contributed by atoms with Crippen molar-refractivity contribution in [1.29, 1.82) is 0 Å². The lowest BCUT2D eigenvalue weighted by molar-refractivity contribution is -0.136. The van der Waals surface area contributed by atoms with E-state index in [1.165, 1.54) is 6.20 Å². The fourth-order valence-corrected chi connectivity index (χ4v) is 5.53. The number of benzene rings is 1. The zero-order valence-corrected chi connectivity index (χ0v) is 18.9. The third kappa shape index (κ3) is 4.10. The SMILES string of the molecule is O=C1CCC(N2Cc3cccc(CNCC4(c5ccncc5F)CCNCC4)c3C2=O)C(=O)N1. The molecule has 3 N–H and O–H groups in total. The molecule has 0 radical (unpaired) electrons. The molecular formula is C25H28FN5O3. The number of nitrogens with one attached hydrogen (secondary N) is 3. The van der Waals surface area contributed by atoms with E-state index >= 15 is 0 Å². The molecule has 0 spiro atoms. The number of nitrogens with zero attached hydrogens (tertiary/aromatic N) is 2. The fourth-order valence-electron chi connectivity index (χ4n) is 5.53. The Bertz CT molecular complexity index is 1130. The van der Waals surface area contributed by atoms with Crippen LogP contribution in [0.4, 0.5) is 4.39 Å². The molecule has 1 atom stereocenters. The molecular weight excluding hydrogens is 437 g/mol.